The Kier molecular flexibility index (Phi) is 4.96. The standard InChI is InChI=1S/C14H20FNO2/c1-17-13-5-4-12(14(15)7-13)10-18-9-11-3-2-6-16-8-11/h4-5,7,11,16H,2-3,6,8-10H2,1H3. The second kappa shape index (κ2) is 6.71. The normalized spacial score (nSPS) is 19.8. The Hall–Kier alpha value is -1.13. The van der Waals surface area contributed by atoms with Crippen LogP contribution in [0.15, 0.2) is 18.2 Å². The zero-order valence-corrected chi connectivity index (χ0v) is 10.7. The highest BCUT2D eigenvalue weighted by Gasteiger charge is 2.13. The first-order valence-electron chi connectivity index (χ1n) is 6.40. The molecular formula is C14H20FNO2. The molecule has 100 valence electrons. The van der Waals surface area contributed by atoms with Crippen LogP contribution in [0.5, 0.6) is 5.75 Å². The van der Waals surface area contributed by atoms with E-state index >= 15 is 0 Å². The fraction of sp³-hybridized carbons (Fsp3) is 0.571. The molecular weight excluding hydrogens is 233 g/mol. The highest BCUT2D eigenvalue weighted by atomic mass is 19.1. The fourth-order valence-corrected chi connectivity index (χ4v) is 2.17. The SMILES string of the molecule is COc1ccc(COCC2CCCNC2)c(F)c1. The van der Waals surface area contributed by atoms with E-state index in [1.165, 1.54) is 26.0 Å². The Morgan fingerprint density at radius 1 is 1.44 bits per heavy atom. The summed E-state index contributed by atoms with van der Waals surface area (Å²) in [5, 5.41) is 3.34. The maximum atomic E-state index is 13.6. The summed E-state index contributed by atoms with van der Waals surface area (Å²) in [6.45, 7) is 3.12. The Labute approximate surface area is 107 Å². The van der Waals surface area contributed by atoms with Crippen LogP contribution in [-0.4, -0.2) is 26.8 Å². The van der Waals surface area contributed by atoms with Gasteiger partial charge in [0.25, 0.3) is 0 Å². The van der Waals surface area contributed by atoms with Gasteiger partial charge in [0.05, 0.1) is 20.3 Å². The van der Waals surface area contributed by atoms with Gasteiger partial charge in [0, 0.05) is 18.2 Å². The van der Waals surface area contributed by atoms with Gasteiger partial charge in [-0.2, -0.15) is 0 Å². The molecule has 1 N–H and O–H groups in total. The third-order valence-electron chi connectivity index (χ3n) is 3.27. The van der Waals surface area contributed by atoms with E-state index in [9.17, 15) is 4.39 Å². The van der Waals surface area contributed by atoms with Gasteiger partial charge < -0.3 is 14.8 Å². The molecule has 0 aliphatic carbocycles. The molecule has 2 rings (SSSR count). The summed E-state index contributed by atoms with van der Waals surface area (Å²) in [5.41, 5.74) is 0.583. The van der Waals surface area contributed by atoms with Crippen molar-refractivity contribution < 1.29 is 13.9 Å². The molecule has 1 aromatic carbocycles. The maximum absolute atomic E-state index is 13.6. The van der Waals surface area contributed by atoms with Crippen LogP contribution in [0.3, 0.4) is 0 Å². The molecule has 1 heterocycles. The number of piperidine rings is 1. The predicted molar refractivity (Wildman–Crippen MR) is 68.2 cm³/mol. The van der Waals surface area contributed by atoms with Gasteiger partial charge in [-0.05, 0) is 31.4 Å². The van der Waals surface area contributed by atoms with Crippen LogP contribution >= 0.6 is 0 Å². The number of benzene rings is 1. The van der Waals surface area contributed by atoms with Crippen LogP contribution in [0, 0.1) is 11.7 Å². The van der Waals surface area contributed by atoms with Crippen molar-refractivity contribution in [1.29, 1.82) is 0 Å². The molecule has 0 aromatic heterocycles. The molecule has 0 saturated carbocycles. The van der Waals surface area contributed by atoms with Gasteiger partial charge in [0.15, 0.2) is 0 Å². The van der Waals surface area contributed by atoms with Crippen LogP contribution in [0.4, 0.5) is 4.39 Å². The average Bonchev–Trinajstić information content (AvgIpc) is 2.42. The van der Waals surface area contributed by atoms with Crippen molar-refractivity contribution >= 4 is 0 Å². The molecule has 1 aromatic rings. The molecule has 0 radical (unpaired) electrons. The predicted octanol–water partition coefficient (Wildman–Crippen LogP) is 2.35. The number of methoxy groups -OCH3 is 1. The highest BCUT2D eigenvalue weighted by Crippen LogP contribution is 2.17. The minimum absolute atomic E-state index is 0.267. The third-order valence-corrected chi connectivity index (χ3v) is 3.27. The molecule has 1 aliphatic rings. The molecule has 0 spiro atoms. The van der Waals surface area contributed by atoms with Crippen LogP contribution in [0.25, 0.3) is 0 Å². The topological polar surface area (TPSA) is 30.5 Å². The van der Waals surface area contributed by atoms with Gasteiger partial charge in [0.1, 0.15) is 11.6 Å². The lowest BCUT2D eigenvalue weighted by atomic mass is 10.0. The van der Waals surface area contributed by atoms with Gasteiger partial charge in [0.2, 0.25) is 0 Å². The maximum Gasteiger partial charge on any atom is 0.132 e. The molecule has 1 saturated heterocycles. The van der Waals surface area contributed by atoms with Gasteiger partial charge in [-0.3, -0.25) is 0 Å². The second-order valence-electron chi connectivity index (χ2n) is 4.68. The smallest absolute Gasteiger partial charge is 0.132 e. The summed E-state index contributed by atoms with van der Waals surface area (Å²) in [6.07, 6.45) is 2.39. The van der Waals surface area contributed by atoms with Crippen molar-refractivity contribution in [3.8, 4) is 5.75 Å². The van der Waals surface area contributed by atoms with Crippen molar-refractivity contribution in [2.24, 2.45) is 5.92 Å². The summed E-state index contributed by atoms with van der Waals surface area (Å²) >= 11 is 0. The van der Waals surface area contributed by atoms with E-state index in [-0.39, 0.29) is 5.82 Å². The lowest BCUT2D eigenvalue weighted by Crippen LogP contribution is -2.32. The molecule has 0 amide bonds. The van der Waals surface area contributed by atoms with E-state index < -0.39 is 0 Å². The molecule has 1 fully saturated rings. The number of nitrogens with one attached hydrogen (secondary N) is 1. The highest BCUT2D eigenvalue weighted by molar-refractivity contribution is 5.28. The number of halogens is 1. The van der Waals surface area contributed by atoms with Crippen LogP contribution in [-0.2, 0) is 11.3 Å². The van der Waals surface area contributed by atoms with Gasteiger partial charge in [-0.1, -0.05) is 6.07 Å². The van der Waals surface area contributed by atoms with E-state index in [4.69, 9.17) is 9.47 Å². The molecule has 1 atom stereocenters. The third kappa shape index (κ3) is 3.68. The average molecular weight is 253 g/mol. The number of hydrogen-bond acceptors (Lipinski definition) is 3. The molecule has 0 bridgehead atoms. The second-order valence-corrected chi connectivity index (χ2v) is 4.68. The Balaban J connectivity index is 1.79. The number of rotatable bonds is 5. The van der Waals surface area contributed by atoms with Gasteiger partial charge >= 0.3 is 0 Å². The fourth-order valence-electron chi connectivity index (χ4n) is 2.17. The first-order valence-corrected chi connectivity index (χ1v) is 6.40. The monoisotopic (exact) mass is 253 g/mol. The van der Waals surface area contributed by atoms with Crippen molar-refractivity contribution in [3.63, 3.8) is 0 Å². The minimum atomic E-state index is -0.267. The lowest BCUT2D eigenvalue weighted by Gasteiger charge is -2.22. The first-order chi connectivity index (χ1) is 8.79. The molecule has 4 heteroatoms. The largest absolute Gasteiger partial charge is 0.497 e. The molecule has 3 nitrogen and oxygen atoms in total. The Morgan fingerprint density at radius 3 is 3.00 bits per heavy atom. The number of ether oxygens (including phenoxy) is 2. The summed E-state index contributed by atoms with van der Waals surface area (Å²) in [4.78, 5) is 0. The summed E-state index contributed by atoms with van der Waals surface area (Å²) < 4.78 is 24.2. The van der Waals surface area contributed by atoms with E-state index in [1.807, 2.05) is 0 Å². The van der Waals surface area contributed by atoms with Crippen LogP contribution < -0.4 is 10.1 Å². The van der Waals surface area contributed by atoms with Crippen LogP contribution in [0.1, 0.15) is 18.4 Å². The molecule has 1 aliphatic heterocycles. The Morgan fingerprint density at radius 2 is 2.33 bits per heavy atom. The van der Waals surface area contributed by atoms with E-state index in [1.54, 1.807) is 12.1 Å². The molecule has 18 heavy (non-hydrogen) atoms. The van der Waals surface area contributed by atoms with Gasteiger partial charge in [-0.25, -0.2) is 4.39 Å². The van der Waals surface area contributed by atoms with E-state index in [2.05, 4.69) is 5.32 Å². The van der Waals surface area contributed by atoms with E-state index in [0.717, 1.165) is 13.1 Å². The van der Waals surface area contributed by atoms with Crippen molar-refractivity contribution in [2.45, 2.75) is 19.4 Å². The zero-order chi connectivity index (χ0) is 12.8. The van der Waals surface area contributed by atoms with Crippen LogP contribution in [0.2, 0.25) is 0 Å². The summed E-state index contributed by atoms with van der Waals surface area (Å²) in [6, 6.07) is 4.86. The van der Waals surface area contributed by atoms with Gasteiger partial charge in [-0.15, -0.1) is 0 Å². The summed E-state index contributed by atoms with van der Waals surface area (Å²) in [7, 11) is 1.53. The zero-order valence-electron chi connectivity index (χ0n) is 10.7. The summed E-state index contributed by atoms with van der Waals surface area (Å²) in [5.74, 6) is 0.823. The molecule has 1 unspecified atom stereocenters. The van der Waals surface area contributed by atoms with Crippen molar-refractivity contribution in [2.75, 3.05) is 26.8 Å². The first kappa shape index (κ1) is 13.3. The number of hydrogen-bond donors (Lipinski definition) is 1. The quantitative estimate of drug-likeness (QED) is 0.873. The Bertz CT molecular complexity index is 378. The minimum Gasteiger partial charge on any atom is -0.497 e. The van der Waals surface area contributed by atoms with Crippen molar-refractivity contribution in [3.05, 3.63) is 29.6 Å². The lowest BCUT2D eigenvalue weighted by molar-refractivity contribution is 0.0765. The van der Waals surface area contributed by atoms with E-state index in [0.29, 0.717) is 30.4 Å². The van der Waals surface area contributed by atoms with Crippen molar-refractivity contribution in [1.82, 2.24) is 5.32 Å².